The van der Waals surface area contributed by atoms with E-state index in [0.717, 1.165) is 48.8 Å². The van der Waals surface area contributed by atoms with Gasteiger partial charge < -0.3 is 0 Å². The van der Waals surface area contributed by atoms with Crippen molar-refractivity contribution in [3.63, 3.8) is 0 Å². The molecular weight excluding hydrogens is 452 g/mol. The van der Waals surface area contributed by atoms with Crippen LogP contribution >= 0.6 is 0 Å². The van der Waals surface area contributed by atoms with Crippen molar-refractivity contribution in [1.29, 1.82) is 0 Å². The molecule has 0 saturated carbocycles. The van der Waals surface area contributed by atoms with E-state index in [0.29, 0.717) is 18.3 Å². The van der Waals surface area contributed by atoms with E-state index in [-0.39, 0.29) is 27.9 Å². The van der Waals surface area contributed by atoms with Gasteiger partial charge in [0.05, 0.1) is 0 Å². The first-order valence-electron chi connectivity index (χ1n) is 14.3. The zero-order valence-electron chi connectivity index (χ0n) is 25.8. The van der Waals surface area contributed by atoms with Crippen LogP contribution in [0.5, 0.6) is 0 Å². The number of carbonyl (C=O) groups excluding carboxylic acids is 1. The number of carbonyl (C=O) groups is 1. The number of rotatable bonds is 7. The zero-order valence-corrected chi connectivity index (χ0v) is 25.8. The summed E-state index contributed by atoms with van der Waals surface area (Å²) >= 11 is 0. The molecule has 0 unspecified atom stereocenters. The van der Waals surface area contributed by atoms with E-state index in [4.69, 9.17) is 0 Å². The molecule has 0 radical (unpaired) electrons. The first kappa shape index (κ1) is 29.8. The van der Waals surface area contributed by atoms with Gasteiger partial charge in [-0.25, -0.2) is 0 Å². The molecule has 2 aliphatic rings. The summed E-state index contributed by atoms with van der Waals surface area (Å²) in [5, 5.41) is 0. The molecule has 3 nitrogen and oxygen atoms in total. The number of nitrogens with zero attached hydrogens (tertiary/aromatic N) is 2. The van der Waals surface area contributed by atoms with Crippen LogP contribution < -0.4 is 0 Å². The summed E-state index contributed by atoms with van der Waals surface area (Å²) in [7, 11) is 4.48. The summed E-state index contributed by atoms with van der Waals surface area (Å²) in [6.45, 7) is 25.3. The Morgan fingerprint density at radius 2 is 1.16 bits per heavy atom. The molecule has 3 heteroatoms. The average Bonchev–Trinajstić information content (AvgIpc) is 2.74. The van der Waals surface area contributed by atoms with Gasteiger partial charge in [-0.2, -0.15) is 0 Å². The molecule has 0 aliphatic carbocycles. The highest BCUT2D eigenvalue weighted by atomic mass is 16.1. The molecule has 0 N–H and O–H groups in total. The van der Waals surface area contributed by atoms with E-state index in [2.05, 4.69) is 123 Å². The number of benzene rings is 1. The Morgan fingerprint density at radius 3 is 1.57 bits per heavy atom. The van der Waals surface area contributed by atoms with Crippen LogP contribution in [0.4, 0.5) is 0 Å². The molecule has 206 valence electrons. The third-order valence-corrected chi connectivity index (χ3v) is 9.86. The highest BCUT2D eigenvalue weighted by Gasteiger charge is 2.45. The number of piperidine rings is 2. The highest BCUT2D eigenvalue weighted by molar-refractivity contribution is 6.03. The zero-order chi connectivity index (χ0) is 28.0. The monoisotopic (exact) mass is 506 g/mol. The van der Waals surface area contributed by atoms with Crippen LogP contribution in [0.2, 0.25) is 0 Å². The summed E-state index contributed by atoms with van der Waals surface area (Å²) in [4.78, 5) is 19.0. The van der Waals surface area contributed by atoms with E-state index in [1.54, 1.807) is 0 Å². The Bertz CT molecular complexity index is 930. The maximum Gasteiger partial charge on any atom is 0.163 e. The molecule has 3 rings (SSSR count). The Labute approximate surface area is 228 Å². The van der Waals surface area contributed by atoms with E-state index in [9.17, 15) is 4.79 Å². The molecule has 2 heterocycles. The standard InChI is InChI=1S/C34H54N2O/c1-24-13-15-26(16-14-24)18-29(25(2)17-27-20-31(3,4)35(11)32(5,6)21-27)30(37)19-28-22-33(7,8)36(12)34(9,10)23-28/h13-16,18,27-28H,2,17,19-23H2,1,3-12H3/b29-18-. The Kier molecular flexibility index (Phi) is 8.43. The number of Topliss-reactive ketones (excluding diaryl/α,β-unsaturated/α-hetero) is 1. The van der Waals surface area contributed by atoms with Gasteiger partial charge in [-0.1, -0.05) is 36.4 Å². The first-order valence-corrected chi connectivity index (χ1v) is 14.3. The van der Waals surface area contributed by atoms with Crippen molar-refractivity contribution in [3.8, 4) is 0 Å². The van der Waals surface area contributed by atoms with Crippen LogP contribution in [0.25, 0.3) is 6.08 Å². The smallest absolute Gasteiger partial charge is 0.163 e. The van der Waals surface area contributed by atoms with Gasteiger partial charge in [-0.05, 0) is 138 Å². The van der Waals surface area contributed by atoms with Crippen molar-refractivity contribution in [3.05, 3.63) is 53.1 Å². The van der Waals surface area contributed by atoms with Gasteiger partial charge in [0.25, 0.3) is 0 Å². The lowest BCUT2D eigenvalue weighted by Crippen LogP contribution is -2.58. The molecule has 1 aromatic carbocycles. The van der Waals surface area contributed by atoms with Gasteiger partial charge in [0.15, 0.2) is 5.78 Å². The van der Waals surface area contributed by atoms with Crippen LogP contribution in [-0.2, 0) is 4.79 Å². The summed E-state index contributed by atoms with van der Waals surface area (Å²) in [6, 6.07) is 8.50. The maximum absolute atomic E-state index is 14.0. The first-order chi connectivity index (χ1) is 16.8. The van der Waals surface area contributed by atoms with E-state index in [1.807, 2.05) is 0 Å². The number of ketones is 1. The van der Waals surface area contributed by atoms with E-state index < -0.39 is 0 Å². The van der Waals surface area contributed by atoms with Crippen molar-refractivity contribution >= 4 is 11.9 Å². The number of hydrogen-bond acceptors (Lipinski definition) is 3. The third kappa shape index (κ3) is 6.84. The number of aryl methyl sites for hydroxylation is 1. The largest absolute Gasteiger partial charge is 0.296 e. The molecule has 2 fully saturated rings. The fourth-order valence-corrected chi connectivity index (χ4v) is 7.48. The fourth-order valence-electron chi connectivity index (χ4n) is 7.48. The van der Waals surface area contributed by atoms with Crippen molar-refractivity contribution < 1.29 is 4.79 Å². The van der Waals surface area contributed by atoms with Crippen molar-refractivity contribution in [1.82, 2.24) is 9.80 Å². The Balaban J connectivity index is 1.86. The topological polar surface area (TPSA) is 23.6 Å². The van der Waals surface area contributed by atoms with Crippen molar-refractivity contribution in [2.75, 3.05) is 14.1 Å². The summed E-state index contributed by atoms with van der Waals surface area (Å²) in [6.07, 6.45) is 7.92. The third-order valence-electron chi connectivity index (χ3n) is 9.86. The highest BCUT2D eigenvalue weighted by Crippen LogP contribution is 2.44. The lowest BCUT2D eigenvalue weighted by molar-refractivity contribution is -0.118. The summed E-state index contributed by atoms with van der Waals surface area (Å²) in [5.41, 5.74) is 4.59. The fraction of sp³-hybridized carbons (Fsp3) is 0.676. The maximum atomic E-state index is 14.0. The van der Waals surface area contributed by atoms with E-state index >= 15 is 0 Å². The van der Waals surface area contributed by atoms with Gasteiger partial charge in [0.2, 0.25) is 0 Å². The minimum atomic E-state index is 0.0792. The average molecular weight is 507 g/mol. The van der Waals surface area contributed by atoms with Crippen LogP contribution in [-0.4, -0.2) is 51.8 Å². The van der Waals surface area contributed by atoms with Gasteiger partial charge in [-0.15, -0.1) is 0 Å². The predicted molar refractivity (Wildman–Crippen MR) is 160 cm³/mol. The molecule has 1 aromatic rings. The molecule has 37 heavy (non-hydrogen) atoms. The van der Waals surface area contributed by atoms with Crippen LogP contribution in [0.15, 0.2) is 42.0 Å². The molecule has 2 saturated heterocycles. The summed E-state index contributed by atoms with van der Waals surface area (Å²) < 4.78 is 0. The molecule has 0 amide bonds. The van der Waals surface area contributed by atoms with Crippen molar-refractivity contribution in [2.24, 2.45) is 11.8 Å². The van der Waals surface area contributed by atoms with Crippen LogP contribution in [0, 0.1) is 18.8 Å². The minimum absolute atomic E-state index is 0.0792. The Hall–Kier alpha value is -1.71. The van der Waals surface area contributed by atoms with Gasteiger partial charge in [-0.3, -0.25) is 14.6 Å². The second kappa shape index (κ2) is 10.5. The second-order valence-corrected chi connectivity index (χ2v) is 14.8. The second-order valence-electron chi connectivity index (χ2n) is 14.8. The SMILES string of the molecule is C=C(CC1CC(C)(C)N(C)C(C)(C)C1)/C(=C/c1ccc(C)cc1)C(=O)CC1CC(C)(C)N(C)C(C)(C)C1. The lowest BCUT2D eigenvalue weighted by Gasteiger charge is -2.54. The normalized spacial score (nSPS) is 24.7. The molecule has 0 aromatic heterocycles. The number of hydrogen-bond donors (Lipinski definition) is 0. The number of likely N-dealkylation sites (tertiary alicyclic amines) is 2. The summed E-state index contributed by atoms with van der Waals surface area (Å²) in [5.74, 6) is 1.16. The molecular formula is C34H54N2O. The van der Waals surface area contributed by atoms with Gasteiger partial charge in [0, 0.05) is 34.1 Å². The minimum Gasteiger partial charge on any atom is -0.296 e. The molecule has 2 aliphatic heterocycles. The van der Waals surface area contributed by atoms with Crippen LogP contribution in [0.1, 0.15) is 105 Å². The Morgan fingerprint density at radius 1 is 0.784 bits per heavy atom. The van der Waals surface area contributed by atoms with Gasteiger partial charge >= 0.3 is 0 Å². The van der Waals surface area contributed by atoms with Crippen molar-refractivity contribution in [2.45, 2.75) is 123 Å². The number of allylic oxidation sites excluding steroid dienone is 2. The predicted octanol–water partition coefficient (Wildman–Crippen LogP) is 8.08. The quantitative estimate of drug-likeness (QED) is 0.276. The molecule has 0 bridgehead atoms. The lowest BCUT2D eigenvalue weighted by atomic mass is 9.70. The van der Waals surface area contributed by atoms with E-state index in [1.165, 1.54) is 5.56 Å². The van der Waals surface area contributed by atoms with Gasteiger partial charge in [0.1, 0.15) is 0 Å². The molecule has 0 spiro atoms. The van der Waals surface area contributed by atoms with Crippen LogP contribution in [0.3, 0.4) is 0 Å². The molecule has 0 atom stereocenters.